The average molecular weight is 230 g/mol. The van der Waals surface area contributed by atoms with E-state index in [0.29, 0.717) is 18.1 Å². The Morgan fingerprint density at radius 2 is 2.12 bits per heavy atom. The Labute approximate surface area is 99.9 Å². The molecule has 0 spiro atoms. The molecule has 0 atom stereocenters. The second-order valence-corrected chi connectivity index (χ2v) is 4.42. The summed E-state index contributed by atoms with van der Waals surface area (Å²) in [7, 11) is 1.60. The second-order valence-electron chi connectivity index (χ2n) is 4.42. The summed E-state index contributed by atoms with van der Waals surface area (Å²) in [5.74, 6) is 1.26. The Balaban J connectivity index is 1.95. The molecule has 1 aromatic rings. The fourth-order valence-electron chi connectivity index (χ4n) is 2.08. The highest BCUT2D eigenvalue weighted by atomic mass is 16.5. The Hall–Kier alpha value is -1.84. The zero-order valence-electron chi connectivity index (χ0n) is 9.72. The van der Waals surface area contributed by atoms with Gasteiger partial charge in [0.2, 0.25) is 0 Å². The van der Waals surface area contributed by atoms with Gasteiger partial charge < -0.3 is 4.74 Å². The Bertz CT molecular complexity index is 492. The predicted octanol–water partition coefficient (Wildman–Crippen LogP) is 2.20. The fourth-order valence-corrected chi connectivity index (χ4v) is 2.08. The number of carbonyl (C=O) groups is 1. The van der Waals surface area contributed by atoms with E-state index in [1.54, 1.807) is 7.11 Å². The van der Waals surface area contributed by atoms with Crippen LogP contribution in [0.2, 0.25) is 0 Å². The highest BCUT2D eigenvalue weighted by Gasteiger charge is 2.36. The van der Waals surface area contributed by atoms with Gasteiger partial charge in [0, 0.05) is 0 Å². The number of methoxy groups -OCH3 is 1. The van der Waals surface area contributed by atoms with Gasteiger partial charge in [-0.05, 0) is 30.9 Å². The van der Waals surface area contributed by atoms with Crippen molar-refractivity contribution >= 4 is 17.3 Å². The summed E-state index contributed by atoms with van der Waals surface area (Å²) >= 11 is 0. The maximum atomic E-state index is 11.9. The molecule has 4 nitrogen and oxygen atoms in total. The minimum atomic E-state index is 0.0383. The molecule has 1 aliphatic heterocycles. The number of carbonyl (C=O) groups excluding carboxylic acids is 1. The topological polar surface area (TPSA) is 41.9 Å². The van der Waals surface area contributed by atoms with E-state index >= 15 is 0 Å². The average Bonchev–Trinajstić information content (AvgIpc) is 3.13. The molecule has 0 saturated heterocycles. The molecule has 0 N–H and O–H groups in total. The number of hydrazone groups is 1. The van der Waals surface area contributed by atoms with E-state index in [2.05, 4.69) is 5.10 Å². The van der Waals surface area contributed by atoms with Crippen LogP contribution in [0.3, 0.4) is 0 Å². The first kappa shape index (κ1) is 10.3. The van der Waals surface area contributed by atoms with Crippen molar-refractivity contribution in [3.8, 4) is 5.75 Å². The van der Waals surface area contributed by atoms with Gasteiger partial charge in [0.1, 0.15) is 11.4 Å². The van der Waals surface area contributed by atoms with Crippen LogP contribution in [0, 0.1) is 5.92 Å². The van der Waals surface area contributed by atoms with Gasteiger partial charge in [0.25, 0.3) is 5.91 Å². The number of anilines is 1. The molecule has 4 heteroatoms. The van der Waals surface area contributed by atoms with Gasteiger partial charge in [-0.3, -0.25) is 4.79 Å². The number of hydrogen-bond donors (Lipinski definition) is 0. The number of benzene rings is 1. The lowest BCUT2D eigenvalue weighted by atomic mass is 10.2. The first-order valence-corrected chi connectivity index (χ1v) is 5.83. The first-order valence-electron chi connectivity index (χ1n) is 5.83. The minimum absolute atomic E-state index is 0.0383. The molecule has 0 bridgehead atoms. The van der Waals surface area contributed by atoms with Crippen molar-refractivity contribution < 1.29 is 9.53 Å². The van der Waals surface area contributed by atoms with Crippen molar-refractivity contribution in [2.45, 2.75) is 19.3 Å². The predicted molar refractivity (Wildman–Crippen MR) is 65.3 cm³/mol. The lowest BCUT2D eigenvalue weighted by Crippen LogP contribution is -2.20. The molecule has 1 fully saturated rings. The molecule has 1 saturated carbocycles. The second kappa shape index (κ2) is 3.87. The Morgan fingerprint density at radius 3 is 2.82 bits per heavy atom. The summed E-state index contributed by atoms with van der Waals surface area (Å²) in [5, 5.41) is 5.91. The third-order valence-electron chi connectivity index (χ3n) is 3.16. The quantitative estimate of drug-likeness (QED) is 0.798. The van der Waals surface area contributed by atoms with E-state index in [1.807, 2.05) is 24.3 Å². The van der Waals surface area contributed by atoms with Gasteiger partial charge in [-0.25, -0.2) is 0 Å². The van der Waals surface area contributed by atoms with Crippen LogP contribution in [0.25, 0.3) is 0 Å². The van der Waals surface area contributed by atoms with Crippen molar-refractivity contribution in [1.82, 2.24) is 0 Å². The standard InChI is InChI=1S/C13H14N2O2/c1-17-12-5-3-2-4-11(12)15-13(16)8-10(14-15)9-6-7-9/h2-5,9H,6-8H2,1H3. The molecule has 0 unspecified atom stereocenters. The van der Waals surface area contributed by atoms with E-state index in [9.17, 15) is 4.79 Å². The smallest absolute Gasteiger partial charge is 0.253 e. The minimum Gasteiger partial charge on any atom is -0.494 e. The summed E-state index contributed by atoms with van der Waals surface area (Å²) < 4.78 is 5.25. The molecule has 88 valence electrons. The van der Waals surface area contributed by atoms with Crippen LogP contribution < -0.4 is 9.75 Å². The SMILES string of the molecule is COc1ccccc1N1N=C(C2CC2)CC1=O. The molecular formula is C13H14N2O2. The monoisotopic (exact) mass is 230 g/mol. The highest BCUT2D eigenvalue weighted by molar-refractivity contribution is 6.14. The number of ether oxygens (including phenoxy) is 1. The molecule has 2 aliphatic rings. The lowest BCUT2D eigenvalue weighted by molar-refractivity contribution is -0.116. The van der Waals surface area contributed by atoms with Gasteiger partial charge in [0.05, 0.1) is 19.2 Å². The summed E-state index contributed by atoms with van der Waals surface area (Å²) in [6.45, 7) is 0. The van der Waals surface area contributed by atoms with Crippen molar-refractivity contribution in [1.29, 1.82) is 0 Å². The largest absolute Gasteiger partial charge is 0.494 e. The maximum Gasteiger partial charge on any atom is 0.253 e. The summed E-state index contributed by atoms with van der Waals surface area (Å²) in [6, 6.07) is 7.47. The van der Waals surface area contributed by atoms with Crippen molar-refractivity contribution in [3.05, 3.63) is 24.3 Å². The van der Waals surface area contributed by atoms with Crippen LogP contribution in [0.15, 0.2) is 29.4 Å². The molecule has 1 aromatic carbocycles. The van der Waals surface area contributed by atoms with Gasteiger partial charge in [-0.1, -0.05) is 12.1 Å². The van der Waals surface area contributed by atoms with E-state index < -0.39 is 0 Å². The molecule has 1 amide bonds. The summed E-state index contributed by atoms with van der Waals surface area (Å²) in [5.41, 5.74) is 1.76. The molecule has 3 rings (SSSR count). The maximum absolute atomic E-state index is 11.9. The van der Waals surface area contributed by atoms with Crippen LogP contribution in [0.1, 0.15) is 19.3 Å². The van der Waals surface area contributed by atoms with Crippen LogP contribution >= 0.6 is 0 Å². The number of nitrogens with zero attached hydrogens (tertiary/aromatic N) is 2. The third-order valence-corrected chi connectivity index (χ3v) is 3.16. The third kappa shape index (κ3) is 1.79. The van der Waals surface area contributed by atoms with Crippen molar-refractivity contribution in [3.63, 3.8) is 0 Å². The van der Waals surface area contributed by atoms with Crippen LogP contribution in [-0.2, 0) is 4.79 Å². The van der Waals surface area contributed by atoms with Crippen LogP contribution in [0.5, 0.6) is 5.75 Å². The molecule has 0 aromatic heterocycles. The van der Waals surface area contributed by atoms with Crippen LogP contribution in [-0.4, -0.2) is 18.7 Å². The zero-order chi connectivity index (χ0) is 11.8. The van der Waals surface area contributed by atoms with Crippen molar-refractivity contribution in [2.24, 2.45) is 11.0 Å². The van der Waals surface area contributed by atoms with E-state index in [1.165, 1.54) is 17.9 Å². The van der Waals surface area contributed by atoms with E-state index in [0.717, 1.165) is 11.4 Å². The van der Waals surface area contributed by atoms with Gasteiger partial charge in [-0.2, -0.15) is 10.1 Å². The Morgan fingerprint density at radius 1 is 1.35 bits per heavy atom. The number of para-hydroxylation sites is 2. The summed E-state index contributed by atoms with van der Waals surface area (Å²) in [4.78, 5) is 11.9. The Kier molecular flexibility index (Phi) is 2.35. The van der Waals surface area contributed by atoms with Gasteiger partial charge in [0.15, 0.2) is 0 Å². The number of hydrogen-bond acceptors (Lipinski definition) is 3. The first-order chi connectivity index (χ1) is 8.29. The molecule has 1 heterocycles. The molecule has 1 aliphatic carbocycles. The summed E-state index contributed by atoms with van der Waals surface area (Å²) in [6.07, 6.45) is 2.81. The fraction of sp³-hybridized carbons (Fsp3) is 0.385. The zero-order valence-corrected chi connectivity index (χ0v) is 9.72. The number of amides is 1. The van der Waals surface area contributed by atoms with E-state index in [4.69, 9.17) is 4.74 Å². The van der Waals surface area contributed by atoms with Crippen LogP contribution in [0.4, 0.5) is 5.69 Å². The molecule has 0 radical (unpaired) electrons. The highest BCUT2D eigenvalue weighted by Crippen LogP contribution is 2.37. The molecule has 17 heavy (non-hydrogen) atoms. The normalized spacial score (nSPS) is 19.5. The van der Waals surface area contributed by atoms with E-state index in [-0.39, 0.29) is 5.91 Å². The van der Waals surface area contributed by atoms with Gasteiger partial charge in [-0.15, -0.1) is 0 Å². The number of rotatable bonds is 3. The van der Waals surface area contributed by atoms with Gasteiger partial charge >= 0.3 is 0 Å². The lowest BCUT2D eigenvalue weighted by Gasteiger charge is -2.14. The van der Waals surface area contributed by atoms with Crippen molar-refractivity contribution in [2.75, 3.05) is 12.1 Å². The molecular weight excluding hydrogens is 216 g/mol.